The van der Waals surface area contributed by atoms with Crippen LogP contribution < -0.4 is 15.4 Å². The molecule has 2 amide bonds. The summed E-state index contributed by atoms with van der Waals surface area (Å²) in [6.07, 6.45) is 3.75. The second kappa shape index (κ2) is 9.51. The van der Waals surface area contributed by atoms with E-state index in [1.165, 1.54) is 31.6 Å². The number of para-hydroxylation sites is 1. The fourth-order valence-corrected chi connectivity index (χ4v) is 3.22. The fraction of sp³-hybridized carbons (Fsp3) is 0.368. The van der Waals surface area contributed by atoms with Gasteiger partial charge in [-0.3, -0.25) is 9.59 Å². The van der Waals surface area contributed by atoms with Gasteiger partial charge >= 0.3 is 0 Å². The van der Waals surface area contributed by atoms with Crippen molar-refractivity contribution >= 4 is 29.2 Å². The summed E-state index contributed by atoms with van der Waals surface area (Å²) in [4.78, 5) is 34.0. The number of nitrogens with zero attached hydrogens (tertiary/aromatic N) is 3. The molecule has 0 atom stereocenters. The van der Waals surface area contributed by atoms with Crippen molar-refractivity contribution in [2.75, 3.05) is 32.0 Å². The molecular formula is C19H21ClFN5O3. The second-order valence-corrected chi connectivity index (χ2v) is 6.84. The molecule has 1 aromatic carbocycles. The lowest BCUT2D eigenvalue weighted by atomic mass is 10.1. The summed E-state index contributed by atoms with van der Waals surface area (Å²) in [6.45, 7) is 0.924. The van der Waals surface area contributed by atoms with Gasteiger partial charge in [0.15, 0.2) is 23.1 Å². The molecule has 1 saturated heterocycles. The molecule has 10 heteroatoms. The summed E-state index contributed by atoms with van der Waals surface area (Å²) in [7, 11) is 1.49. The summed E-state index contributed by atoms with van der Waals surface area (Å²) in [5, 5.41) is 5.57. The Morgan fingerprint density at radius 3 is 2.69 bits per heavy atom. The summed E-state index contributed by atoms with van der Waals surface area (Å²) in [6, 6.07) is 4.39. The van der Waals surface area contributed by atoms with Gasteiger partial charge in [-0.1, -0.05) is 17.7 Å². The number of hydrogen-bond acceptors (Lipinski definition) is 6. The Kier molecular flexibility index (Phi) is 6.82. The van der Waals surface area contributed by atoms with Gasteiger partial charge < -0.3 is 20.3 Å². The number of halogens is 2. The summed E-state index contributed by atoms with van der Waals surface area (Å²) >= 11 is 6.00. The molecule has 29 heavy (non-hydrogen) atoms. The monoisotopic (exact) mass is 421 g/mol. The van der Waals surface area contributed by atoms with Crippen molar-refractivity contribution in [2.24, 2.45) is 0 Å². The maximum atomic E-state index is 13.9. The van der Waals surface area contributed by atoms with Crippen molar-refractivity contribution in [3.05, 3.63) is 47.1 Å². The zero-order valence-corrected chi connectivity index (χ0v) is 16.6. The lowest BCUT2D eigenvalue weighted by Gasteiger charge is -2.32. The Balaban J connectivity index is 1.51. The molecule has 0 aliphatic carbocycles. The standard InChI is InChI=1S/C19H21ClFN5O3/c1-22-19(28)16-18(24-8-7-23-16)25-11-15(27)26-9-5-12(6-10-26)29-17-13(20)3-2-4-14(17)21/h2-4,7-8,12H,5-6,9-11H2,1H3,(H,22,28)(H,24,25). The summed E-state index contributed by atoms with van der Waals surface area (Å²) in [5.41, 5.74) is 0.122. The van der Waals surface area contributed by atoms with Gasteiger partial charge in [-0.15, -0.1) is 0 Å². The van der Waals surface area contributed by atoms with Crippen LogP contribution in [0, 0.1) is 5.82 Å². The second-order valence-electron chi connectivity index (χ2n) is 6.44. The van der Waals surface area contributed by atoms with E-state index in [4.69, 9.17) is 16.3 Å². The van der Waals surface area contributed by atoms with Gasteiger partial charge in [-0.25, -0.2) is 14.4 Å². The topological polar surface area (TPSA) is 96.4 Å². The number of anilines is 1. The van der Waals surface area contributed by atoms with Crippen LogP contribution in [-0.2, 0) is 4.79 Å². The first-order valence-corrected chi connectivity index (χ1v) is 9.52. The normalized spacial score (nSPS) is 14.4. The quantitative estimate of drug-likeness (QED) is 0.741. The Morgan fingerprint density at radius 2 is 2.00 bits per heavy atom. The molecule has 1 aliphatic rings. The maximum Gasteiger partial charge on any atom is 0.273 e. The molecule has 3 rings (SSSR count). The highest BCUT2D eigenvalue weighted by Crippen LogP contribution is 2.30. The van der Waals surface area contributed by atoms with Crippen LogP contribution in [-0.4, -0.2) is 59.5 Å². The van der Waals surface area contributed by atoms with Gasteiger partial charge in [0, 0.05) is 45.4 Å². The van der Waals surface area contributed by atoms with E-state index in [1.54, 1.807) is 11.0 Å². The minimum atomic E-state index is -0.504. The van der Waals surface area contributed by atoms with Crippen molar-refractivity contribution in [1.29, 1.82) is 0 Å². The Morgan fingerprint density at radius 1 is 1.28 bits per heavy atom. The molecule has 1 fully saturated rings. The number of amides is 2. The summed E-state index contributed by atoms with van der Waals surface area (Å²) in [5.74, 6) is -0.743. The van der Waals surface area contributed by atoms with Crippen molar-refractivity contribution in [2.45, 2.75) is 18.9 Å². The van der Waals surface area contributed by atoms with Crippen molar-refractivity contribution < 1.29 is 18.7 Å². The average Bonchev–Trinajstić information content (AvgIpc) is 2.75. The van der Waals surface area contributed by atoms with Gasteiger partial charge in [0.1, 0.15) is 6.10 Å². The molecule has 0 saturated carbocycles. The number of aromatic nitrogens is 2. The Hall–Kier alpha value is -2.94. The molecular weight excluding hydrogens is 401 g/mol. The molecule has 1 aromatic heterocycles. The van der Waals surface area contributed by atoms with E-state index in [-0.39, 0.29) is 40.8 Å². The predicted octanol–water partition coefficient (Wildman–Crippen LogP) is 2.11. The van der Waals surface area contributed by atoms with E-state index >= 15 is 0 Å². The van der Waals surface area contributed by atoms with Gasteiger partial charge in [0.2, 0.25) is 5.91 Å². The Bertz CT molecular complexity index is 870. The van der Waals surface area contributed by atoms with Crippen LogP contribution in [0.15, 0.2) is 30.6 Å². The molecule has 1 aliphatic heterocycles. The van der Waals surface area contributed by atoms with E-state index in [9.17, 15) is 14.0 Å². The number of benzene rings is 1. The molecule has 2 N–H and O–H groups in total. The molecule has 0 spiro atoms. The van der Waals surface area contributed by atoms with E-state index in [1.807, 2.05) is 0 Å². The third-order valence-electron chi connectivity index (χ3n) is 4.55. The predicted molar refractivity (Wildman–Crippen MR) is 106 cm³/mol. The van der Waals surface area contributed by atoms with Gasteiger partial charge in [0.05, 0.1) is 11.6 Å². The van der Waals surface area contributed by atoms with E-state index in [0.29, 0.717) is 25.9 Å². The number of rotatable bonds is 6. The van der Waals surface area contributed by atoms with E-state index in [0.717, 1.165) is 0 Å². The number of likely N-dealkylation sites (tertiary alicyclic amines) is 1. The van der Waals surface area contributed by atoms with Crippen LogP contribution in [0.3, 0.4) is 0 Å². The third-order valence-corrected chi connectivity index (χ3v) is 4.84. The molecule has 8 nitrogen and oxygen atoms in total. The van der Waals surface area contributed by atoms with Gasteiger partial charge in [0.25, 0.3) is 5.91 Å². The van der Waals surface area contributed by atoms with Crippen LogP contribution in [0.1, 0.15) is 23.3 Å². The highest BCUT2D eigenvalue weighted by Gasteiger charge is 2.25. The zero-order chi connectivity index (χ0) is 20.8. The SMILES string of the molecule is CNC(=O)c1nccnc1NCC(=O)N1CCC(Oc2c(F)cccc2Cl)CC1. The molecule has 0 radical (unpaired) electrons. The van der Waals surface area contributed by atoms with Crippen LogP contribution in [0.4, 0.5) is 10.2 Å². The largest absolute Gasteiger partial charge is 0.486 e. The average molecular weight is 422 g/mol. The maximum absolute atomic E-state index is 13.9. The first-order chi connectivity index (χ1) is 14.0. The number of carbonyl (C=O) groups is 2. The van der Waals surface area contributed by atoms with Gasteiger partial charge in [-0.2, -0.15) is 0 Å². The lowest BCUT2D eigenvalue weighted by molar-refractivity contribution is -0.131. The minimum Gasteiger partial charge on any atom is -0.486 e. The molecule has 0 unspecified atom stereocenters. The van der Waals surface area contributed by atoms with E-state index < -0.39 is 11.7 Å². The van der Waals surface area contributed by atoms with Gasteiger partial charge in [-0.05, 0) is 12.1 Å². The first-order valence-electron chi connectivity index (χ1n) is 9.15. The fourth-order valence-electron chi connectivity index (χ4n) is 3.01. The van der Waals surface area contributed by atoms with Crippen molar-refractivity contribution in [1.82, 2.24) is 20.2 Å². The molecule has 2 heterocycles. The number of ether oxygens (including phenoxy) is 1. The smallest absolute Gasteiger partial charge is 0.273 e. The van der Waals surface area contributed by atoms with Crippen molar-refractivity contribution in [3.8, 4) is 5.75 Å². The molecule has 2 aromatic rings. The summed E-state index contributed by atoms with van der Waals surface area (Å²) < 4.78 is 19.6. The zero-order valence-electron chi connectivity index (χ0n) is 15.8. The first kappa shape index (κ1) is 20.8. The van der Waals surface area contributed by atoms with Crippen LogP contribution >= 0.6 is 11.6 Å². The van der Waals surface area contributed by atoms with E-state index in [2.05, 4.69) is 20.6 Å². The molecule has 154 valence electrons. The van der Waals surface area contributed by atoms with Crippen LogP contribution in [0.25, 0.3) is 0 Å². The Labute approximate surface area is 172 Å². The third kappa shape index (κ3) is 5.11. The highest BCUT2D eigenvalue weighted by atomic mass is 35.5. The number of nitrogens with one attached hydrogen (secondary N) is 2. The lowest BCUT2D eigenvalue weighted by Crippen LogP contribution is -2.44. The number of piperidine rings is 1. The van der Waals surface area contributed by atoms with Crippen molar-refractivity contribution in [3.63, 3.8) is 0 Å². The number of carbonyl (C=O) groups excluding carboxylic acids is 2. The van der Waals surface area contributed by atoms with Crippen LogP contribution in [0.5, 0.6) is 5.75 Å². The highest BCUT2D eigenvalue weighted by molar-refractivity contribution is 6.32. The van der Waals surface area contributed by atoms with Crippen LogP contribution in [0.2, 0.25) is 5.02 Å². The number of hydrogen-bond donors (Lipinski definition) is 2. The minimum absolute atomic E-state index is 0.0205. The molecule has 0 bridgehead atoms.